The molecule has 0 amide bonds. The highest BCUT2D eigenvalue weighted by molar-refractivity contribution is 7.89. The SMILES string of the molecule is CCCC(CN)NS(=O)(=O)c1cc(C)cc(C)c1. The number of aryl methyl sites for hydroxylation is 2. The van der Waals surface area contributed by atoms with E-state index in [4.69, 9.17) is 5.73 Å². The highest BCUT2D eigenvalue weighted by Gasteiger charge is 2.19. The lowest BCUT2D eigenvalue weighted by Gasteiger charge is -2.16. The van der Waals surface area contributed by atoms with E-state index in [-0.39, 0.29) is 6.04 Å². The second kappa shape index (κ2) is 6.31. The van der Waals surface area contributed by atoms with E-state index in [1.54, 1.807) is 12.1 Å². The van der Waals surface area contributed by atoms with Crippen molar-refractivity contribution in [1.29, 1.82) is 0 Å². The van der Waals surface area contributed by atoms with Gasteiger partial charge in [0.2, 0.25) is 10.0 Å². The monoisotopic (exact) mass is 270 g/mol. The fourth-order valence-corrected chi connectivity index (χ4v) is 3.42. The van der Waals surface area contributed by atoms with Gasteiger partial charge in [0.25, 0.3) is 0 Å². The molecule has 1 unspecified atom stereocenters. The summed E-state index contributed by atoms with van der Waals surface area (Å²) in [4.78, 5) is 0.314. The minimum atomic E-state index is -3.47. The number of nitrogens with one attached hydrogen (secondary N) is 1. The zero-order chi connectivity index (χ0) is 13.8. The summed E-state index contributed by atoms with van der Waals surface area (Å²) in [6.45, 7) is 6.10. The van der Waals surface area contributed by atoms with Gasteiger partial charge in [-0.2, -0.15) is 0 Å². The van der Waals surface area contributed by atoms with Gasteiger partial charge in [0, 0.05) is 12.6 Å². The summed E-state index contributed by atoms with van der Waals surface area (Å²) in [5.74, 6) is 0. The molecule has 0 aliphatic carbocycles. The van der Waals surface area contributed by atoms with Crippen molar-refractivity contribution in [3.63, 3.8) is 0 Å². The van der Waals surface area contributed by atoms with Crippen molar-refractivity contribution in [1.82, 2.24) is 4.72 Å². The molecule has 0 aromatic heterocycles. The summed E-state index contributed by atoms with van der Waals surface area (Å²) >= 11 is 0. The van der Waals surface area contributed by atoms with E-state index >= 15 is 0 Å². The van der Waals surface area contributed by atoms with Crippen LogP contribution in [0, 0.1) is 13.8 Å². The quantitative estimate of drug-likeness (QED) is 0.826. The molecule has 0 radical (unpaired) electrons. The number of rotatable bonds is 6. The minimum Gasteiger partial charge on any atom is -0.329 e. The van der Waals surface area contributed by atoms with Gasteiger partial charge < -0.3 is 5.73 Å². The first-order valence-corrected chi connectivity index (χ1v) is 7.68. The molecule has 0 aliphatic heterocycles. The van der Waals surface area contributed by atoms with Gasteiger partial charge in [-0.25, -0.2) is 13.1 Å². The van der Waals surface area contributed by atoms with Crippen molar-refractivity contribution in [3.05, 3.63) is 29.3 Å². The molecule has 1 rings (SSSR count). The molecule has 0 fully saturated rings. The van der Waals surface area contributed by atoms with Crippen LogP contribution in [0.25, 0.3) is 0 Å². The molecule has 102 valence electrons. The molecular weight excluding hydrogens is 248 g/mol. The maximum atomic E-state index is 12.2. The van der Waals surface area contributed by atoms with Crippen molar-refractivity contribution in [2.45, 2.75) is 44.6 Å². The van der Waals surface area contributed by atoms with Crippen LogP contribution >= 0.6 is 0 Å². The van der Waals surface area contributed by atoms with Gasteiger partial charge in [0.15, 0.2) is 0 Å². The van der Waals surface area contributed by atoms with Crippen LogP contribution in [0.5, 0.6) is 0 Å². The van der Waals surface area contributed by atoms with Crippen molar-refractivity contribution < 1.29 is 8.42 Å². The topological polar surface area (TPSA) is 72.2 Å². The Hall–Kier alpha value is -0.910. The maximum Gasteiger partial charge on any atom is 0.240 e. The Labute approximate surface area is 110 Å². The van der Waals surface area contributed by atoms with E-state index in [9.17, 15) is 8.42 Å². The molecule has 0 bridgehead atoms. The zero-order valence-electron chi connectivity index (χ0n) is 11.2. The Morgan fingerprint density at radius 3 is 2.22 bits per heavy atom. The van der Waals surface area contributed by atoms with Crippen molar-refractivity contribution in [2.75, 3.05) is 6.54 Å². The average molecular weight is 270 g/mol. The maximum absolute atomic E-state index is 12.2. The summed E-state index contributed by atoms with van der Waals surface area (Å²) in [7, 11) is -3.47. The lowest BCUT2D eigenvalue weighted by atomic mass is 10.2. The van der Waals surface area contributed by atoms with E-state index in [2.05, 4.69) is 4.72 Å². The van der Waals surface area contributed by atoms with Crippen LogP contribution in [-0.4, -0.2) is 21.0 Å². The Bertz CT molecular complexity index is 477. The standard InChI is InChI=1S/C13H22N2O2S/c1-4-5-12(9-14)15-18(16,17)13-7-10(2)6-11(3)8-13/h6-8,12,15H,4-5,9,14H2,1-3H3. The van der Waals surface area contributed by atoms with Crippen LogP contribution < -0.4 is 10.5 Å². The van der Waals surface area contributed by atoms with Crippen LogP contribution in [0.2, 0.25) is 0 Å². The van der Waals surface area contributed by atoms with Gasteiger partial charge in [-0.15, -0.1) is 0 Å². The third-order valence-electron chi connectivity index (χ3n) is 2.75. The molecule has 18 heavy (non-hydrogen) atoms. The highest BCUT2D eigenvalue weighted by atomic mass is 32.2. The molecule has 1 aromatic rings. The molecular formula is C13H22N2O2S. The zero-order valence-corrected chi connectivity index (χ0v) is 12.0. The molecule has 0 saturated carbocycles. The molecule has 1 aromatic carbocycles. The lowest BCUT2D eigenvalue weighted by molar-refractivity contribution is 0.527. The summed E-state index contributed by atoms with van der Waals surface area (Å²) in [6, 6.07) is 5.11. The van der Waals surface area contributed by atoms with Gasteiger partial charge in [-0.05, 0) is 43.5 Å². The fourth-order valence-electron chi connectivity index (χ4n) is 1.95. The predicted molar refractivity (Wildman–Crippen MR) is 74.0 cm³/mol. The molecule has 0 saturated heterocycles. The molecule has 5 heteroatoms. The largest absolute Gasteiger partial charge is 0.329 e. The van der Waals surface area contributed by atoms with Gasteiger partial charge in [-0.3, -0.25) is 0 Å². The van der Waals surface area contributed by atoms with Crippen LogP contribution in [0.1, 0.15) is 30.9 Å². The Morgan fingerprint density at radius 1 is 1.22 bits per heavy atom. The number of hydrogen-bond donors (Lipinski definition) is 2. The van der Waals surface area contributed by atoms with E-state index < -0.39 is 10.0 Å². The molecule has 0 spiro atoms. The Balaban J connectivity index is 2.98. The summed E-state index contributed by atoms with van der Waals surface area (Å²) in [6.07, 6.45) is 1.65. The highest BCUT2D eigenvalue weighted by Crippen LogP contribution is 2.15. The average Bonchev–Trinajstić information content (AvgIpc) is 2.27. The van der Waals surface area contributed by atoms with E-state index in [0.29, 0.717) is 11.4 Å². The van der Waals surface area contributed by atoms with Crippen molar-refractivity contribution >= 4 is 10.0 Å². The second-order valence-electron chi connectivity index (χ2n) is 4.67. The second-order valence-corrected chi connectivity index (χ2v) is 6.38. The first kappa shape index (κ1) is 15.1. The lowest BCUT2D eigenvalue weighted by Crippen LogP contribution is -2.40. The first-order chi connectivity index (χ1) is 8.39. The molecule has 0 aliphatic rings. The van der Waals surface area contributed by atoms with Gasteiger partial charge in [0.1, 0.15) is 0 Å². The third-order valence-corrected chi connectivity index (χ3v) is 4.25. The molecule has 1 atom stereocenters. The van der Waals surface area contributed by atoms with E-state index in [0.717, 1.165) is 24.0 Å². The summed E-state index contributed by atoms with van der Waals surface area (Å²) < 4.78 is 27.1. The fraction of sp³-hybridized carbons (Fsp3) is 0.538. The van der Waals surface area contributed by atoms with Crippen molar-refractivity contribution in [3.8, 4) is 0 Å². The smallest absolute Gasteiger partial charge is 0.240 e. The van der Waals surface area contributed by atoms with Gasteiger partial charge in [0.05, 0.1) is 4.90 Å². The number of sulfonamides is 1. The van der Waals surface area contributed by atoms with Crippen LogP contribution in [0.3, 0.4) is 0 Å². The molecule has 4 nitrogen and oxygen atoms in total. The minimum absolute atomic E-state index is 0.194. The van der Waals surface area contributed by atoms with Gasteiger partial charge >= 0.3 is 0 Å². The van der Waals surface area contributed by atoms with Crippen LogP contribution in [-0.2, 0) is 10.0 Å². The first-order valence-electron chi connectivity index (χ1n) is 6.19. The van der Waals surface area contributed by atoms with Crippen LogP contribution in [0.4, 0.5) is 0 Å². The summed E-state index contributed by atoms with van der Waals surface area (Å²) in [5.41, 5.74) is 7.46. The van der Waals surface area contributed by atoms with Crippen molar-refractivity contribution in [2.24, 2.45) is 5.73 Å². The molecule has 3 N–H and O–H groups in total. The third kappa shape index (κ3) is 4.08. The Morgan fingerprint density at radius 2 is 1.78 bits per heavy atom. The van der Waals surface area contributed by atoms with E-state index in [1.807, 2.05) is 26.8 Å². The summed E-state index contributed by atoms with van der Waals surface area (Å²) in [5, 5.41) is 0. The number of benzene rings is 1. The predicted octanol–water partition coefficient (Wildman–Crippen LogP) is 1.71. The number of nitrogens with two attached hydrogens (primary N) is 1. The Kier molecular flexibility index (Phi) is 5.31. The van der Waals surface area contributed by atoms with Crippen LogP contribution in [0.15, 0.2) is 23.1 Å². The molecule has 0 heterocycles. The van der Waals surface area contributed by atoms with E-state index in [1.165, 1.54) is 0 Å². The van der Waals surface area contributed by atoms with Gasteiger partial charge in [-0.1, -0.05) is 19.4 Å². The normalized spacial score (nSPS) is 13.6. The number of hydrogen-bond acceptors (Lipinski definition) is 3.